The Morgan fingerprint density at radius 2 is 2.16 bits per heavy atom. The molecular formula is C12H24N2O4S. The third-order valence-electron chi connectivity index (χ3n) is 3.79. The highest BCUT2D eigenvalue weighted by Gasteiger charge is 2.40. The monoisotopic (exact) mass is 292 g/mol. The van der Waals surface area contributed by atoms with Crippen LogP contribution in [0.3, 0.4) is 0 Å². The van der Waals surface area contributed by atoms with Crippen molar-refractivity contribution in [2.75, 3.05) is 18.9 Å². The second-order valence-electron chi connectivity index (χ2n) is 5.17. The fourth-order valence-corrected chi connectivity index (χ4v) is 4.09. The van der Waals surface area contributed by atoms with Gasteiger partial charge >= 0.3 is 5.97 Å². The number of carbonyl (C=O) groups is 1. The predicted octanol–water partition coefficient (Wildman–Crippen LogP) is 0.377. The number of hydrogen-bond acceptors (Lipinski definition) is 5. The molecule has 0 aliphatic heterocycles. The molecule has 0 aromatic rings. The molecule has 0 bridgehead atoms. The molecule has 1 aliphatic carbocycles. The number of nitrogens with one attached hydrogen (secondary N) is 1. The highest BCUT2D eigenvalue weighted by atomic mass is 32.2. The molecule has 7 heteroatoms. The van der Waals surface area contributed by atoms with E-state index in [4.69, 9.17) is 5.73 Å². The van der Waals surface area contributed by atoms with Crippen molar-refractivity contribution in [3.8, 4) is 0 Å². The highest BCUT2D eigenvalue weighted by Crippen LogP contribution is 2.33. The van der Waals surface area contributed by atoms with E-state index >= 15 is 0 Å². The molecule has 1 aliphatic rings. The average molecular weight is 292 g/mol. The smallest absolute Gasteiger partial charge is 0.322 e. The number of esters is 1. The molecule has 0 radical (unpaired) electrons. The topological polar surface area (TPSA) is 98.5 Å². The second-order valence-corrected chi connectivity index (χ2v) is 6.90. The van der Waals surface area contributed by atoms with Gasteiger partial charge in [-0.25, -0.2) is 13.1 Å². The zero-order chi connectivity index (χ0) is 14.5. The summed E-state index contributed by atoms with van der Waals surface area (Å²) in [5.74, 6) is -1.20. The van der Waals surface area contributed by atoms with Crippen LogP contribution < -0.4 is 10.5 Å². The lowest BCUT2D eigenvalue weighted by atomic mass is 9.74. The van der Waals surface area contributed by atoms with Crippen LogP contribution in [0.2, 0.25) is 0 Å². The lowest BCUT2D eigenvalue weighted by molar-refractivity contribution is -0.139. The molecule has 19 heavy (non-hydrogen) atoms. The quantitative estimate of drug-likeness (QED) is 0.689. The van der Waals surface area contributed by atoms with Gasteiger partial charge in [0.25, 0.3) is 0 Å². The molecule has 0 amide bonds. The maximum atomic E-state index is 12.0. The van der Waals surface area contributed by atoms with Crippen LogP contribution in [0.4, 0.5) is 0 Å². The van der Waals surface area contributed by atoms with Crippen LogP contribution in [0.5, 0.6) is 0 Å². The average Bonchev–Trinajstić information content (AvgIpc) is 2.31. The first kappa shape index (κ1) is 16.4. The molecule has 1 saturated carbocycles. The number of nitrogens with two attached hydrogens (primary N) is 1. The Hall–Kier alpha value is -0.660. The van der Waals surface area contributed by atoms with Gasteiger partial charge in [-0.05, 0) is 25.7 Å². The van der Waals surface area contributed by atoms with E-state index < -0.39 is 27.3 Å². The minimum atomic E-state index is -3.71. The standard InChI is InChI=1S/C12H24N2O4S/c1-3-18-11(15)8-19(16,17)14-12(9-13)7-5-4-6-10(12)2/h10,14H,3-9,13H2,1-2H3. The third-order valence-corrected chi connectivity index (χ3v) is 5.12. The summed E-state index contributed by atoms with van der Waals surface area (Å²) in [6, 6.07) is 0. The van der Waals surface area contributed by atoms with Gasteiger partial charge in [0.05, 0.1) is 6.61 Å². The van der Waals surface area contributed by atoms with Crippen molar-refractivity contribution in [1.82, 2.24) is 4.72 Å². The number of hydrogen-bond donors (Lipinski definition) is 2. The van der Waals surface area contributed by atoms with Crippen LogP contribution in [0.25, 0.3) is 0 Å². The molecule has 0 aromatic carbocycles. The largest absolute Gasteiger partial charge is 0.465 e. The number of rotatable bonds is 6. The summed E-state index contributed by atoms with van der Waals surface area (Å²) in [5.41, 5.74) is 5.16. The summed E-state index contributed by atoms with van der Waals surface area (Å²) in [6.07, 6.45) is 3.69. The summed E-state index contributed by atoms with van der Waals surface area (Å²) in [4.78, 5) is 11.3. The van der Waals surface area contributed by atoms with E-state index in [1.807, 2.05) is 6.92 Å². The Kier molecular flexibility index (Phi) is 5.76. The van der Waals surface area contributed by atoms with E-state index in [2.05, 4.69) is 9.46 Å². The Labute approximate surface area is 115 Å². The SMILES string of the molecule is CCOC(=O)CS(=O)(=O)NC1(CN)CCCCC1C. The van der Waals surface area contributed by atoms with Crippen LogP contribution >= 0.6 is 0 Å². The summed E-state index contributed by atoms with van der Waals surface area (Å²) in [7, 11) is -3.71. The maximum Gasteiger partial charge on any atom is 0.322 e. The van der Waals surface area contributed by atoms with E-state index in [1.54, 1.807) is 6.92 Å². The Bertz CT molecular complexity index is 410. The lowest BCUT2D eigenvalue weighted by Gasteiger charge is -2.42. The molecule has 2 unspecified atom stereocenters. The highest BCUT2D eigenvalue weighted by molar-refractivity contribution is 7.90. The van der Waals surface area contributed by atoms with E-state index in [9.17, 15) is 13.2 Å². The van der Waals surface area contributed by atoms with Gasteiger partial charge in [-0.3, -0.25) is 4.79 Å². The molecular weight excluding hydrogens is 268 g/mol. The first-order valence-corrected chi connectivity index (χ1v) is 8.38. The Balaban J connectivity index is 2.76. The van der Waals surface area contributed by atoms with Gasteiger partial charge in [-0.2, -0.15) is 0 Å². The van der Waals surface area contributed by atoms with E-state index in [0.29, 0.717) is 6.42 Å². The molecule has 2 atom stereocenters. The van der Waals surface area contributed by atoms with Crippen LogP contribution in [-0.2, 0) is 19.6 Å². The Morgan fingerprint density at radius 3 is 2.68 bits per heavy atom. The zero-order valence-electron chi connectivity index (χ0n) is 11.6. The van der Waals surface area contributed by atoms with Gasteiger partial charge in [-0.15, -0.1) is 0 Å². The molecule has 0 saturated heterocycles. The first-order valence-electron chi connectivity index (χ1n) is 6.72. The van der Waals surface area contributed by atoms with Crippen molar-refractivity contribution in [3.05, 3.63) is 0 Å². The van der Waals surface area contributed by atoms with Gasteiger partial charge in [0.15, 0.2) is 5.75 Å². The maximum absolute atomic E-state index is 12.0. The third kappa shape index (κ3) is 4.43. The van der Waals surface area contributed by atoms with Crippen molar-refractivity contribution < 1.29 is 17.9 Å². The van der Waals surface area contributed by atoms with E-state index in [1.165, 1.54) is 0 Å². The number of sulfonamides is 1. The zero-order valence-corrected chi connectivity index (χ0v) is 12.5. The van der Waals surface area contributed by atoms with Gasteiger partial charge in [0.1, 0.15) is 0 Å². The number of ether oxygens (including phenoxy) is 1. The van der Waals surface area contributed by atoms with Crippen molar-refractivity contribution in [1.29, 1.82) is 0 Å². The molecule has 112 valence electrons. The Morgan fingerprint density at radius 1 is 1.47 bits per heavy atom. The molecule has 0 heterocycles. The first-order chi connectivity index (χ1) is 8.85. The summed E-state index contributed by atoms with van der Waals surface area (Å²) in [6.45, 7) is 4.06. The molecule has 1 fully saturated rings. The minimum Gasteiger partial charge on any atom is -0.465 e. The van der Waals surface area contributed by atoms with Crippen molar-refractivity contribution in [3.63, 3.8) is 0 Å². The van der Waals surface area contributed by atoms with Crippen molar-refractivity contribution >= 4 is 16.0 Å². The molecule has 6 nitrogen and oxygen atoms in total. The van der Waals surface area contributed by atoms with Crippen LogP contribution in [0.1, 0.15) is 39.5 Å². The molecule has 0 spiro atoms. The van der Waals surface area contributed by atoms with Crippen LogP contribution in [0.15, 0.2) is 0 Å². The normalized spacial score (nSPS) is 28.1. The summed E-state index contributed by atoms with van der Waals surface area (Å²) >= 11 is 0. The van der Waals surface area contributed by atoms with Gasteiger partial charge < -0.3 is 10.5 Å². The summed E-state index contributed by atoms with van der Waals surface area (Å²) in [5, 5.41) is 0. The second kappa shape index (κ2) is 6.67. The van der Waals surface area contributed by atoms with Gasteiger partial charge in [-0.1, -0.05) is 19.8 Å². The number of carbonyl (C=O) groups excluding carboxylic acids is 1. The predicted molar refractivity (Wildman–Crippen MR) is 73.0 cm³/mol. The van der Waals surface area contributed by atoms with E-state index in [-0.39, 0.29) is 19.1 Å². The minimum absolute atomic E-state index is 0.170. The molecule has 1 rings (SSSR count). The van der Waals surface area contributed by atoms with Gasteiger partial charge in [0.2, 0.25) is 10.0 Å². The lowest BCUT2D eigenvalue weighted by Crippen LogP contribution is -2.59. The van der Waals surface area contributed by atoms with E-state index in [0.717, 1.165) is 19.3 Å². The molecule has 0 aromatic heterocycles. The summed E-state index contributed by atoms with van der Waals surface area (Å²) < 4.78 is 31.4. The fraction of sp³-hybridized carbons (Fsp3) is 0.917. The van der Waals surface area contributed by atoms with Gasteiger partial charge in [0, 0.05) is 12.1 Å². The van der Waals surface area contributed by atoms with Crippen LogP contribution in [0, 0.1) is 5.92 Å². The fourth-order valence-electron chi connectivity index (χ4n) is 2.61. The molecule has 3 N–H and O–H groups in total. The van der Waals surface area contributed by atoms with Crippen molar-refractivity contribution in [2.45, 2.75) is 45.1 Å². The van der Waals surface area contributed by atoms with Crippen LogP contribution in [-0.4, -0.2) is 38.8 Å². The van der Waals surface area contributed by atoms with Crippen molar-refractivity contribution in [2.24, 2.45) is 11.7 Å².